The maximum atomic E-state index is 4.11. The summed E-state index contributed by atoms with van der Waals surface area (Å²) in [5, 5.41) is 0. The maximum absolute atomic E-state index is 4.11. The Morgan fingerprint density at radius 3 is 1.86 bits per heavy atom. The zero-order valence-corrected chi connectivity index (χ0v) is 15.2. The molecule has 0 unspecified atom stereocenters. The fourth-order valence-electron chi connectivity index (χ4n) is 3.00. The second kappa shape index (κ2) is 13.5. The van der Waals surface area contributed by atoms with Gasteiger partial charge in [-0.1, -0.05) is 91.4 Å². The van der Waals surface area contributed by atoms with Crippen LogP contribution in [-0.4, -0.2) is 6.21 Å². The fourth-order valence-corrected chi connectivity index (χ4v) is 3.00. The first kappa shape index (κ1) is 20.9. The number of unbranched alkanes of at least 4 members (excludes halogenated alkanes) is 6. The number of aliphatic imine (C=N–C) groups is 1. The third kappa shape index (κ3) is 9.02. The lowest BCUT2D eigenvalue weighted by molar-refractivity contribution is 0.314. The Labute approximate surface area is 139 Å². The smallest absolute Gasteiger partial charge is 0.0270 e. The molecule has 0 N–H and O–H groups in total. The standard InChI is InChI=1S/C21H37N/c1-6-10-12-14-17-21(5,18-15-13-11-7-2)20(8-3)16-19-22-9-4/h8-9,16,19H,3-4,6-7,10-15,17-18H2,1-2,5H3/b20-16+,22-19?. The molecule has 0 aliphatic rings. The molecular formula is C21H37N. The first-order chi connectivity index (χ1) is 10.6. The van der Waals surface area contributed by atoms with E-state index >= 15 is 0 Å². The summed E-state index contributed by atoms with van der Waals surface area (Å²) in [6.45, 7) is 14.6. The highest BCUT2D eigenvalue weighted by Gasteiger charge is 2.26. The number of allylic oxidation sites excluding steroid dienone is 3. The van der Waals surface area contributed by atoms with Gasteiger partial charge < -0.3 is 0 Å². The minimum atomic E-state index is 0.233. The topological polar surface area (TPSA) is 12.4 Å². The molecule has 0 saturated heterocycles. The van der Waals surface area contributed by atoms with E-state index in [0.29, 0.717) is 0 Å². The van der Waals surface area contributed by atoms with Gasteiger partial charge in [-0.05, 0) is 29.9 Å². The van der Waals surface area contributed by atoms with E-state index in [1.165, 1.54) is 69.8 Å². The molecule has 0 aromatic carbocycles. The van der Waals surface area contributed by atoms with E-state index in [2.05, 4.69) is 45.0 Å². The number of nitrogens with zero attached hydrogens (tertiary/aromatic N) is 1. The Morgan fingerprint density at radius 2 is 1.45 bits per heavy atom. The van der Waals surface area contributed by atoms with E-state index in [1.807, 2.05) is 12.3 Å². The van der Waals surface area contributed by atoms with Gasteiger partial charge in [-0.25, -0.2) is 0 Å². The summed E-state index contributed by atoms with van der Waals surface area (Å²) in [5.41, 5.74) is 1.56. The summed E-state index contributed by atoms with van der Waals surface area (Å²) in [6.07, 6.45) is 20.6. The molecule has 0 bridgehead atoms. The third-order valence-corrected chi connectivity index (χ3v) is 4.53. The first-order valence-electron chi connectivity index (χ1n) is 9.11. The van der Waals surface area contributed by atoms with Gasteiger partial charge in [0, 0.05) is 12.4 Å². The summed E-state index contributed by atoms with van der Waals surface area (Å²) in [5.74, 6) is 0. The van der Waals surface area contributed by atoms with E-state index in [0.717, 1.165) is 0 Å². The van der Waals surface area contributed by atoms with Crippen LogP contribution < -0.4 is 0 Å². The highest BCUT2D eigenvalue weighted by molar-refractivity contribution is 5.73. The molecular weight excluding hydrogens is 266 g/mol. The second-order valence-electron chi connectivity index (χ2n) is 6.49. The van der Waals surface area contributed by atoms with Gasteiger partial charge in [0.15, 0.2) is 0 Å². The van der Waals surface area contributed by atoms with Crippen molar-refractivity contribution in [2.45, 2.75) is 85.0 Å². The van der Waals surface area contributed by atoms with Crippen LogP contribution in [0.2, 0.25) is 0 Å². The van der Waals surface area contributed by atoms with Crippen LogP contribution in [0.15, 0.2) is 42.1 Å². The van der Waals surface area contributed by atoms with Crippen LogP contribution in [0.5, 0.6) is 0 Å². The van der Waals surface area contributed by atoms with Gasteiger partial charge in [0.05, 0.1) is 0 Å². The highest BCUT2D eigenvalue weighted by atomic mass is 14.6. The van der Waals surface area contributed by atoms with Gasteiger partial charge in [0.1, 0.15) is 0 Å². The Balaban J connectivity index is 4.84. The Kier molecular flexibility index (Phi) is 12.9. The maximum Gasteiger partial charge on any atom is 0.0270 e. The van der Waals surface area contributed by atoms with Gasteiger partial charge in [-0.3, -0.25) is 4.99 Å². The zero-order valence-electron chi connectivity index (χ0n) is 15.2. The predicted molar refractivity (Wildman–Crippen MR) is 103 cm³/mol. The van der Waals surface area contributed by atoms with Gasteiger partial charge >= 0.3 is 0 Å². The lowest BCUT2D eigenvalue weighted by Gasteiger charge is -2.31. The van der Waals surface area contributed by atoms with Crippen molar-refractivity contribution in [3.63, 3.8) is 0 Å². The van der Waals surface area contributed by atoms with E-state index in [9.17, 15) is 0 Å². The molecule has 0 aromatic rings. The molecule has 0 fully saturated rings. The van der Waals surface area contributed by atoms with E-state index in [1.54, 1.807) is 6.20 Å². The van der Waals surface area contributed by atoms with Gasteiger partial charge in [0.25, 0.3) is 0 Å². The Bertz CT molecular complexity index is 337. The molecule has 126 valence electrons. The van der Waals surface area contributed by atoms with Crippen LogP contribution in [0.1, 0.15) is 85.0 Å². The molecule has 0 spiro atoms. The van der Waals surface area contributed by atoms with Crippen molar-refractivity contribution in [2.24, 2.45) is 10.4 Å². The molecule has 0 saturated carbocycles. The highest BCUT2D eigenvalue weighted by Crippen LogP contribution is 2.39. The van der Waals surface area contributed by atoms with Crippen LogP contribution in [0.25, 0.3) is 0 Å². The van der Waals surface area contributed by atoms with Crippen LogP contribution >= 0.6 is 0 Å². The normalized spacial score (nSPS) is 12.8. The van der Waals surface area contributed by atoms with Crippen LogP contribution in [-0.2, 0) is 0 Å². The monoisotopic (exact) mass is 303 g/mol. The van der Waals surface area contributed by atoms with Crippen molar-refractivity contribution in [3.05, 3.63) is 37.1 Å². The van der Waals surface area contributed by atoms with Crippen molar-refractivity contribution in [1.29, 1.82) is 0 Å². The molecule has 0 radical (unpaired) electrons. The molecule has 0 atom stereocenters. The molecule has 0 aliphatic carbocycles. The van der Waals surface area contributed by atoms with Crippen molar-refractivity contribution in [1.82, 2.24) is 0 Å². The van der Waals surface area contributed by atoms with Crippen molar-refractivity contribution in [2.75, 3.05) is 0 Å². The largest absolute Gasteiger partial charge is 0.265 e. The minimum Gasteiger partial charge on any atom is -0.265 e. The summed E-state index contributed by atoms with van der Waals surface area (Å²) in [6, 6.07) is 0. The van der Waals surface area contributed by atoms with Crippen molar-refractivity contribution in [3.8, 4) is 0 Å². The molecule has 0 amide bonds. The lowest BCUT2D eigenvalue weighted by atomic mass is 9.73. The predicted octanol–water partition coefficient (Wildman–Crippen LogP) is 7.26. The number of rotatable bonds is 14. The molecule has 0 heterocycles. The molecule has 0 rings (SSSR count). The Morgan fingerprint density at radius 1 is 0.909 bits per heavy atom. The first-order valence-corrected chi connectivity index (χ1v) is 9.11. The summed E-state index contributed by atoms with van der Waals surface area (Å²) in [7, 11) is 0. The quantitative estimate of drug-likeness (QED) is 0.182. The van der Waals surface area contributed by atoms with Crippen molar-refractivity contribution < 1.29 is 0 Å². The number of hydrogen-bond donors (Lipinski definition) is 0. The van der Waals surface area contributed by atoms with E-state index in [4.69, 9.17) is 0 Å². The number of hydrogen-bond acceptors (Lipinski definition) is 1. The lowest BCUT2D eigenvalue weighted by Crippen LogP contribution is -2.19. The average Bonchev–Trinajstić information content (AvgIpc) is 2.52. The average molecular weight is 304 g/mol. The van der Waals surface area contributed by atoms with E-state index < -0.39 is 0 Å². The van der Waals surface area contributed by atoms with E-state index in [-0.39, 0.29) is 5.41 Å². The molecule has 22 heavy (non-hydrogen) atoms. The van der Waals surface area contributed by atoms with Crippen LogP contribution in [0, 0.1) is 5.41 Å². The molecule has 0 aromatic heterocycles. The second-order valence-corrected chi connectivity index (χ2v) is 6.49. The SMILES string of the molecule is C=CN=C/C=C(\C=C)C(C)(CCCCCC)CCCCCC. The van der Waals surface area contributed by atoms with Gasteiger partial charge in [0.2, 0.25) is 0 Å². The molecule has 1 nitrogen and oxygen atoms in total. The van der Waals surface area contributed by atoms with Crippen LogP contribution in [0.4, 0.5) is 0 Å². The molecule has 0 aliphatic heterocycles. The summed E-state index contributed by atoms with van der Waals surface area (Å²) in [4.78, 5) is 4.11. The van der Waals surface area contributed by atoms with Gasteiger partial charge in [-0.2, -0.15) is 0 Å². The minimum absolute atomic E-state index is 0.233. The third-order valence-electron chi connectivity index (χ3n) is 4.53. The van der Waals surface area contributed by atoms with Crippen molar-refractivity contribution >= 4 is 6.21 Å². The molecule has 1 heteroatoms. The van der Waals surface area contributed by atoms with Gasteiger partial charge in [-0.15, -0.1) is 0 Å². The summed E-state index contributed by atoms with van der Waals surface area (Å²) >= 11 is 0. The zero-order chi connectivity index (χ0) is 16.7. The summed E-state index contributed by atoms with van der Waals surface area (Å²) < 4.78 is 0. The van der Waals surface area contributed by atoms with Crippen LogP contribution in [0.3, 0.4) is 0 Å². The Hall–Kier alpha value is -1.11. The fraction of sp³-hybridized carbons (Fsp3) is 0.667.